The summed E-state index contributed by atoms with van der Waals surface area (Å²) in [6, 6.07) is 3.92. The predicted octanol–water partition coefficient (Wildman–Crippen LogP) is 3.57. The van der Waals surface area contributed by atoms with Gasteiger partial charge in [-0.2, -0.15) is 0 Å². The van der Waals surface area contributed by atoms with Crippen LogP contribution in [0, 0.1) is 0 Å². The van der Waals surface area contributed by atoms with Gasteiger partial charge in [-0.25, -0.2) is 4.98 Å². The Hall–Kier alpha value is -1.16. The van der Waals surface area contributed by atoms with E-state index in [-0.39, 0.29) is 0 Å². The van der Waals surface area contributed by atoms with E-state index >= 15 is 0 Å². The van der Waals surface area contributed by atoms with Gasteiger partial charge in [-0.1, -0.05) is 12.8 Å². The third-order valence-corrected chi connectivity index (χ3v) is 4.14. The highest BCUT2D eigenvalue weighted by Crippen LogP contribution is 2.35. The summed E-state index contributed by atoms with van der Waals surface area (Å²) in [6.45, 7) is 0. The van der Waals surface area contributed by atoms with Gasteiger partial charge in [0.2, 0.25) is 0 Å². The van der Waals surface area contributed by atoms with E-state index < -0.39 is 0 Å². The van der Waals surface area contributed by atoms with E-state index in [0.29, 0.717) is 11.6 Å². The number of halogens is 1. The van der Waals surface area contributed by atoms with Crippen LogP contribution in [0.2, 0.25) is 0 Å². The Morgan fingerprint density at radius 1 is 1.41 bits per heavy atom. The largest absolute Gasteiger partial charge is 0.302 e. The molecule has 0 atom stereocenters. The number of hydrogen-bond donors (Lipinski definition) is 0. The van der Waals surface area contributed by atoms with Gasteiger partial charge in [-0.3, -0.25) is 4.79 Å². The first-order valence-electron chi connectivity index (χ1n) is 5.93. The van der Waals surface area contributed by atoms with Gasteiger partial charge in [-0.05, 0) is 40.9 Å². The molecule has 0 amide bonds. The van der Waals surface area contributed by atoms with Crippen LogP contribution in [-0.4, -0.2) is 15.7 Å². The number of nitrogens with zero attached hydrogens (tertiary/aromatic N) is 2. The second-order valence-corrected chi connectivity index (χ2v) is 5.38. The first kappa shape index (κ1) is 11.0. The second kappa shape index (κ2) is 4.26. The molecular weight excluding hydrogens is 280 g/mol. The molecule has 0 radical (unpaired) electrons. The quantitative estimate of drug-likeness (QED) is 0.793. The molecule has 1 saturated carbocycles. The van der Waals surface area contributed by atoms with E-state index in [1.54, 1.807) is 0 Å². The van der Waals surface area contributed by atoms with E-state index in [9.17, 15) is 4.79 Å². The molecule has 0 spiro atoms. The Morgan fingerprint density at radius 3 is 2.88 bits per heavy atom. The molecule has 3 nitrogen and oxygen atoms in total. The predicted molar refractivity (Wildman–Crippen MR) is 69.5 cm³/mol. The third kappa shape index (κ3) is 1.71. The van der Waals surface area contributed by atoms with Gasteiger partial charge < -0.3 is 4.40 Å². The molecule has 17 heavy (non-hydrogen) atoms. The molecule has 0 bridgehead atoms. The Balaban J connectivity index is 2.25. The number of imidazole rings is 1. The van der Waals surface area contributed by atoms with Crippen LogP contribution < -0.4 is 0 Å². The van der Waals surface area contributed by atoms with E-state index in [2.05, 4.69) is 25.3 Å². The minimum Gasteiger partial charge on any atom is -0.302 e. The Labute approximate surface area is 108 Å². The molecular formula is C13H13BrN2O. The molecule has 2 heterocycles. The summed E-state index contributed by atoms with van der Waals surface area (Å²) in [7, 11) is 0. The van der Waals surface area contributed by atoms with Crippen LogP contribution in [-0.2, 0) is 0 Å². The number of hydrogen-bond acceptors (Lipinski definition) is 2. The molecule has 1 aliphatic carbocycles. The lowest BCUT2D eigenvalue weighted by molar-refractivity contribution is 0.112. The maximum absolute atomic E-state index is 11.1. The Morgan fingerprint density at radius 2 is 2.18 bits per heavy atom. The van der Waals surface area contributed by atoms with Crippen LogP contribution in [0.5, 0.6) is 0 Å². The highest BCUT2D eigenvalue weighted by molar-refractivity contribution is 9.10. The number of pyridine rings is 1. The second-order valence-electron chi connectivity index (χ2n) is 4.53. The van der Waals surface area contributed by atoms with Gasteiger partial charge in [0, 0.05) is 16.6 Å². The van der Waals surface area contributed by atoms with Crippen LogP contribution in [0.3, 0.4) is 0 Å². The number of carbonyl (C=O) groups excluding carboxylic acids is 1. The average Bonchev–Trinajstić information content (AvgIpc) is 2.95. The number of carbonyl (C=O) groups is 1. The maximum atomic E-state index is 11.1. The van der Waals surface area contributed by atoms with E-state index in [1.807, 2.05) is 18.3 Å². The van der Waals surface area contributed by atoms with Crippen molar-refractivity contribution in [2.75, 3.05) is 0 Å². The fourth-order valence-electron chi connectivity index (χ4n) is 2.70. The first-order chi connectivity index (χ1) is 8.31. The van der Waals surface area contributed by atoms with Crippen molar-refractivity contribution in [1.82, 2.24) is 9.38 Å². The van der Waals surface area contributed by atoms with Gasteiger partial charge in [0.1, 0.15) is 11.5 Å². The molecule has 0 aliphatic heterocycles. The van der Waals surface area contributed by atoms with E-state index in [1.165, 1.54) is 25.7 Å². The smallest absolute Gasteiger partial charge is 0.170 e. The van der Waals surface area contributed by atoms with Gasteiger partial charge in [0.25, 0.3) is 0 Å². The van der Waals surface area contributed by atoms with Crippen LogP contribution in [0.4, 0.5) is 0 Å². The van der Waals surface area contributed by atoms with Crippen molar-refractivity contribution < 1.29 is 4.79 Å². The topological polar surface area (TPSA) is 34.4 Å². The molecule has 0 N–H and O–H groups in total. The van der Waals surface area contributed by atoms with Crippen molar-refractivity contribution in [3.05, 3.63) is 34.3 Å². The number of aromatic nitrogens is 2. The van der Waals surface area contributed by atoms with Gasteiger partial charge >= 0.3 is 0 Å². The van der Waals surface area contributed by atoms with Gasteiger partial charge in [-0.15, -0.1) is 0 Å². The lowest BCUT2D eigenvalue weighted by atomic mass is 10.1. The van der Waals surface area contributed by atoms with Crippen molar-refractivity contribution in [2.24, 2.45) is 0 Å². The standard InChI is InChI=1S/C13H13BrN2O/c14-10-6-3-7-16-12(10)11(8-17)15-13(16)9-4-1-2-5-9/h3,6-9H,1-2,4-5H2. The zero-order chi connectivity index (χ0) is 11.8. The summed E-state index contributed by atoms with van der Waals surface area (Å²) >= 11 is 3.49. The summed E-state index contributed by atoms with van der Waals surface area (Å²) in [5, 5.41) is 0. The zero-order valence-electron chi connectivity index (χ0n) is 9.40. The maximum Gasteiger partial charge on any atom is 0.170 e. The molecule has 1 fully saturated rings. The van der Waals surface area contributed by atoms with Crippen LogP contribution in [0.25, 0.3) is 5.52 Å². The fraction of sp³-hybridized carbons (Fsp3) is 0.385. The summed E-state index contributed by atoms with van der Waals surface area (Å²) in [6.07, 6.45) is 7.74. The van der Waals surface area contributed by atoms with Crippen LogP contribution in [0.15, 0.2) is 22.8 Å². The van der Waals surface area contributed by atoms with Gasteiger partial charge in [0.15, 0.2) is 6.29 Å². The van der Waals surface area contributed by atoms with E-state index in [0.717, 1.165) is 22.1 Å². The highest BCUT2D eigenvalue weighted by atomic mass is 79.9. The first-order valence-corrected chi connectivity index (χ1v) is 6.72. The highest BCUT2D eigenvalue weighted by Gasteiger charge is 2.23. The summed E-state index contributed by atoms with van der Waals surface area (Å²) in [4.78, 5) is 15.6. The summed E-state index contributed by atoms with van der Waals surface area (Å²) < 4.78 is 2.99. The minimum absolute atomic E-state index is 0.505. The van der Waals surface area contributed by atoms with Crippen LogP contribution in [0.1, 0.15) is 47.9 Å². The molecule has 0 aromatic carbocycles. The minimum atomic E-state index is 0.505. The lowest BCUT2D eigenvalue weighted by Crippen LogP contribution is -1.99. The number of rotatable bonds is 2. The van der Waals surface area contributed by atoms with Crippen molar-refractivity contribution in [1.29, 1.82) is 0 Å². The molecule has 2 aromatic heterocycles. The molecule has 2 aromatic rings. The van der Waals surface area contributed by atoms with E-state index in [4.69, 9.17) is 0 Å². The molecule has 0 saturated heterocycles. The number of fused-ring (bicyclic) bond motifs is 1. The lowest BCUT2D eigenvalue weighted by Gasteiger charge is -2.07. The van der Waals surface area contributed by atoms with Gasteiger partial charge in [0.05, 0.1) is 5.52 Å². The molecule has 0 unspecified atom stereocenters. The number of aldehydes is 1. The van der Waals surface area contributed by atoms with Crippen LogP contribution >= 0.6 is 15.9 Å². The SMILES string of the molecule is O=Cc1nc(C2CCCC2)n2cccc(Br)c12. The molecule has 1 aliphatic rings. The Bertz CT molecular complexity index is 570. The normalized spacial score (nSPS) is 16.8. The molecule has 4 heteroatoms. The average molecular weight is 293 g/mol. The molecule has 3 rings (SSSR count). The van der Waals surface area contributed by atoms with Crippen molar-refractivity contribution in [2.45, 2.75) is 31.6 Å². The van der Waals surface area contributed by atoms with Crippen molar-refractivity contribution >= 4 is 27.7 Å². The Kier molecular flexibility index (Phi) is 2.74. The van der Waals surface area contributed by atoms with Crippen molar-refractivity contribution in [3.63, 3.8) is 0 Å². The molecule has 88 valence electrons. The monoisotopic (exact) mass is 292 g/mol. The zero-order valence-corrected chi connectivity index (χ0v) is 11.0. The van der Waals surface area contributed by atoms with Crippen molar-refractivity contribution in [3.8, 4) is 0 Å². The summed E-state index contributed by atoms with van der Waals surface area (Å²) in [5.41, 5.74) is 1.43. The summed E-state index contributed by atoms with van der Waals surface area (Å²) in [5.74, 6) is 1.55. The third-order valence-electron chi connectivity index (χ3n) is 3.50. The fourth-order valence-corrected chi connectivity index (χ4v) is 3.25.